The predicted molar refractivity (Wildman–Crippen MR) is 62.9 cm³/mol. The third-order valence-electron chi connectivity index (χ3n) is 2.33. The Balaban J connectivity index is 2.49. The first-order chi connectivity index (χ1) is 8.54. The topological polar surface area (TPSA) is 78.8 Å². The summed E-state index contributed by atoms with van der Waals surface area (Å²) in [7, 11) is 1.49. The second-order valence-corrected chi connectivity index (χ2v) is 3.86. The highest BCUT2D eigenvalue weighted by Crippen LogP contribution is 2.10. The van der Waals surface area contributed by atoms with Crippen LogP contribution in [0.25, 0.3) is 0 Å². The van der Waals surface area contributed by atoms with Gasteiger partial charge in [0.05, 0.1) is 18.3 Å². The molecule has 0 aliphatic heterocycles. The lowest BCUT2D eigenvalue weighted by Crippen LogP contribution is -2.29. The van der Waals surface area contributed by atoms with E-state index in [4.69, 9.17) is 9.84 Å². The van der Waals surface area contributed by atoms with Crippen LogP contribution in [0.2, 0.25) is 0 Å². The van der Waals surface area contributed by atoms with Gasteiger partial charge in [-0.2, -0.15) is 0 Å². The third kappa shape index (κ3) is 4.40. The molecule has 1 aromatic rings. The third-order valence-corrected chi connectivity index (χ3v) is 2.33. The average molecular weight is 257 g/mol. The number of halogens is 1. The van der Waals surface area contributed by atoms with Crippen molar-refractivity contribution in [2.75, 3.05) is 20.3 Å². The van der Waals surface area contributed by atoms with E-state index in [1.54, 1.807) is 0 Å². The normalized spacial score (nSPS) is 12.4. The van der Waals surface area contributed by atoms with Crippen LogP contribution < -0.4 is 5.32 Å². The molecule has 18 heavy (non-hydrogen) atoms. The molecule has 0 amide bonds. The molecule has 6 heteroatoms. The minimum atomic E-state index is -1.29. The maximum Gasteiger partial charge on any atom is 0.338 e. The molecule has 0 fully saturated rings. The molecular formula is C12H16FNO4. The Hall–Kier alpha value is -1.50. The SMILES string of the molecule is COCC(O)CNCc1ccc(C(=O)O)c(F)c1. The molecule has 0 saturated carbocycles. The highest BCUT2D eigenvalue weighted by molar-refractivity contribution is 5.87. The van der Waals surface area contributed by atoms with Crippen molar-refractivity contribution in [2.45, 2.75) is 12.6 Å². The summed E-state index contributed by atoms with van der Waals surface area (Å²) in [6.07, 6.45) is -0.627. The molecule has 0 aliphatic rings. The molecule has 0 saturated heterocycles. The van der Waals surface area contributed by atoms with Gasteiger partial charge in [0.25, 0.3) is 0 Å². The number of aliphatic hydroxyl groups is 1. The van der Waals surface area contributed by atoms with Crippen LogP contribution in [0, 0.1) is 5.82 Å². The molecule has 0 aliphatic carbocycles. The molecule has 0 spiro atoms. The standard InChI is InChI=1S/C12H16FNO4/c1-18-7-9(15)6-14-5-8-2-3-10(12(16)17)11(13)4-8/h2-4,9,14-15H,5-7H2,1H3,(H,16,17). The molecule has 0 heterocycles. The van der Waals surface area contributed by atoms with Crippen molar-refractivity contribution in [3.63, 3.8) is 0 Å². The molecule has 0 bridgehead atoms. The summed E-state index contributed by atoms with van der Waals surface area (Å²) >= 11 is 0. The Morgan fingerprint density at radius 3 is 2.83 bits per heavy atom. The Bertz CT molecular complexity index is 411. The van der Waals surface area contributed by atoms with Crippen molar-refractivity contribution in [2.24, 2.45) is 0 Å². The first-order valence-electron chi connectivity index (χ1n) is 5.44. The van der Waals surface area contributed by atoms with E-state index < -0.39 is 17.9 Å². The van der Waals surface area contributed by atoms with Crippen molar-refractivity contribution in [3.05, 3.63) is 35.1 Å². The van der Waals surface area contributed by atoms with E-state index in [1.165, 1.54) is 25.3 Å². The van der Waals surface area contributed by atoms with E-state index in [0.29, 0.717) is 18.7 Å². The minimum absolute atomic E-state index is 0.222. The number of hydrogen-bond acceptors (Lipinski definition) is 4. The van der Waals surface area contributed by atoms with Crippen LogP contribution in [-0.4, -0.2) is 42.5 Å². The molecule has 1 rings (SSSR count). The Labute approximate surface area is 104 Å². The van der Waals surface area contributed by atoms with Gasteiger partial charge >= 0.3 is 5.97 Å². The molecule has 0 radical (unpaired) electrons. The van der Waals surface area contributed by atoms with Crippen LogP contribution in [0.3, 0.4) is 0 Å². The van der Waals surface area contributed by atoms with E-state index in [2.05, 4.69) is 5.32 Å². The van der Waals surface area contributed by atoms with Crippen LogP contribution in [-0.2, 0) is 11.3 Å². The molecular weight excluding hydrogens is 241 g/mol. The largest absolute Gasteiger partial charge is 0.478 e. The van der Waals surface area contributed by atoms with Crippen LogP contribution in [0.1, 0.15) is 15.9 Å². The van der Waals surface area contributed by atoms with Gasteiger partial charge in [-0.1, -0.05) is 6.07 Å². The van der Waals surface area contributed by atoms with E-state index in [1.807, 2.05) is 0 Å². The van der Waals surface area contributed by atoms with Gasteiger partial charge in [-0.15, -0.1) is 0 Å². The first kappa shape index (κ1) is 14.6. The van der Waals surface area contributed by atoms with Gasteiger partial charge in [0.15, 0.2) is 0 Å². The number of carboxylic acid groups (broad SMARTS) is 1. The molecule has 3 N–H and O–H groups in total. The van der Waals surface area contributed by atoms with Crippen molar-refractivity contribution >= 4 is 5.97 Å². The lowest BCUT2D eigenvalue weighted by atomic mass is 10.1. The van der Waals surface area contributed by atoms with E-state index >= 15 is 0 Å². The number of carboxylic acids is 1. The maximum atomic E-state index is 13.3. The predicted octanol–water partition coefficient (Wildman–Crippen LogP) is 0.621. The summed E-state index contributed by atoms with van der Waals surface area (Å²) in [5.41, 5.74) is 0.264. The number of carbonyl (C=O) groups is 1. The van der Waals surface area contributed by atoms with Gasteiger partial charge in [-0.25, -0.2) is 9.18 Å². The number of benzene rings is 1. The Morgan fingerprint density at radius 1 is 1.56 bits per heavy atom. The van der Waals surface area contributed by atoms with E-state index in [9.17, 15) is 14.3 Å². The number of ether oxygens (including phenoxy) is 1. The Kier molecular flexibility index (Phi) is 5.70. The number of hydrogen-bond donors (Lipinski definition) is 3. The zero-order valence-corrected chi connectivity index (χ0v) is 10.0. The van der Waals surface area contributed by atoms with Gasteiger partial charge in [0, 0.05) is 20.2 Å². The molecule has 5 nitrogen and oxygen atoms in total. The number of methoxy groups -OCH3 is 1. The highest BCUT2D eigenvalue weighted by Gasteiger charge is 2.10. The monoisotopic (exact) mass is 257 g/mol. The average Bonchev–Trinajstić information content (AvgIpc) is 2.29. The fourth-order valence-corrected chi connectivity index (χ4v) is 1.48. The molecule has 1 atom stereocenters. The molecule has 100 valence electrons. The number of nitrogens with one attached hydrogen (secondary N) is 1. The summed E-state index contributed by atoms with van der Waals surface area (Å²) < 4.78 is 18.1. The van der Waals surface area contributed by atoms with Gasteiger partial charge in [0.1, 0.15) is 5.82 Å². The lowest BCUT2D eigenvalue weighted by Gasteiger charge is -2.11. The zero-order chi connectivity index (χ0) is 13.5. The Morgan fingerprint density at radius 2 is 2.28 bits per heavy atom. The smallest absolute Gasteiger partial charge is 0.338 e. The first-order valence-corrected chi connectivity index (χ1v) is 5.44. The summed E-state index contributed by atoms with van der Waals surface area (Å²) in [5, 5.41) is 20.9. The summed E-state index contributed by atoms with van der Waals surface area (Å²) in [6, 6.07) is 3.92. The molecule has 1 aromatic carbocycles. The van der Waals surface area contributed by atoms with Crippen LogP contribution in [0.5, 0.6) is 0 Å². The van der Waals surface area contributed by atoms with E-state index in [-0.39, 0.29) is 12.2 Å². The number of aliphatic hydroxyl groups excluding tert-OH is 1. The van der Waals surface area contributed by atoms with E-state index in [0.717, 1.165) is 0 Å². The second-order valence-electron chi connectivity index (χ2n) is 3.86. The van der Waals surface area contributed by atoms with Gasteiger partial charge in [-0.05, 0) is 17.7 Å². The van der Waals surface area contributed by atoms with Crippen LogP contribution in [0.4, 0.5) is 4.39 Å². The molecule has 1 unspecified atom stereocenters. The minimum Gasteiger partial charge on any atom is -0.478 e. The quantitative estimate of drug-likeness (QED) is 0.667. The lowest BCUT2D eigenvalue weighted by molar-refractivity contribution is 0.0644. The van der Waals surface area contributed by atoms with Crippen LogP contribution in [0.15, 0.2) is 18.2 Å². The fraction of sp³-hybridized carbons (Fsp3) is 0.417. The van der Waals surface area contributed by atoms with Crippen molar-refractivity contribution in [1.29, 1.82) is 0 Å². The second kappa shape index (κ2) is 7.05. The molecule has 0 aromatic heterocycles. The van der Waals surface area contributed by atoms with Crippen molar-refractivity contribution in [3.8, 4) is 0 Å². The van der Waals surface area contributed by atoms with Gasteiger partial charge < -0.3 is 20.3 Å². The summed E-state index contributed by atoms with van der Waals surface area (Å²) in [5.74, 6) is -2.05. The zero-order valence-electron chi connectivity index (χ0n) is 10.0. The highest BCUT2D eigenvalue weighted by atomic mass is 19.1. The fourth-order valence-electron chi connectivity index (χ4n) is 1.48. The summed E-state index contributed by atoms with van der Waals surface area (Å²) in [6.45, 7) is 0.882. The summed E-state index contributed by atoms with van der Waals surface area (Å²) in [4.78, 5) is 10.6. The number of rotatable bonds is 7. The maximum absolute atomic E-state index is 13.3. The van der Waals surface area contributed by atoms with Gasteiger partial charge in [0.2, 0.25) is 0 Å². The van der Waals surface area contributed by atoms with Gasteiger partial charge in [-0.3, -0.25) is 0 Å². The van der Waals surface area contributed by atoms with Crippen molar-refractivity contribution < 1.29 is 24.1 Å². The van der Waals surface area contributed by atoms with Crippen LogP contribution >= 0.6 is 0 Å². The van der Waals surface area contributed by atoms with Crippen molar-refractivity contribution in [1.82, 2.24) is 5.32 Å². The number of aromatic carboxylic acids is 1.